The summed E-state index contributed by atoms with van der Waals surface area (Å²) in [5.41, 5.74) is 8.20. The third-order valence-corrected chi connectivity index (χ3v) is 4.07. The summed E-state index contributed by atoms with van der Waals surface area (Å²) in [6.07, 6.45) is 0.223. The number of hydrogen-bond donors (Lipinski definition) is 2. The highest BCUT2D eigenvalue weighted by atomic mass is 16.5. The van der Waals surface area contributed by atoms with Gasteiger partial charge in [0.15, 0.2) is 0 Å². The van der Waals surface area contributed by atoms with Gasteiger partial charge in [-0.25, -0.2) is 0 Å². The molecule has 0 radical (unpaired) electrons. The first-order valence-corrected chi connectivity index (χ1v) is 8.24. The largest absolute Gasteiger partial charge is 0.399 e. The zero-order chi connectivity index (χ0) is 17.6. The van der Waals surface area contributed by atoms with Crippen molar-refractivity contribution in [3.63, 3.8) is 0 Å². The van der Waals surface area contributed by atoms with Crippen LogP contribution in [0.3, 0.4) is 0 Å². The monoisotopic (exact) mass is 339 g/mol. The first-order chi connectivity index (χ1) is 12.1. The second-order valence-electron chi connectivity index (χ2n) is 5.92. The molecule has 130 valence electrons. The van der Waals surface area contributed by atoms with Crippen molar-refractivity contribution >= 4 is 23.2 Å². The Hall–Kier alpha value is -2.86. The molecule has 0 unspecified atom stereocenters. The van der Waals surface area contributed by atoms with Gasteiger partial charge in [0.2, 0.25) is 5.91 Å². The zero-order valence-electron chi connectivity index (χ0n) is 13.9. The molecule has 0 spiro atoms. The summed E-state index contributed by atoms with van der Waals surface area (Å²) in [6, 6.07) is 14.2. The second kappa shape index (κ2) is 7.81. The first-order valence-electron chi connectivity index (χ1n) is 8.24. The van der Waals surface area contributed by atoms with Crippen LogP contribution in [0.2, 0.25) is 0 Å². The molecule has 2 amide bonds. The summed E-state index contributed by atoms with van der Waals surface area (Å²) in [7, 11) is 0. The van der Waals surface area contributed by atoms with Crippen LogP contribution in [-0.2, 0) is 16.0 Å². The average molecular weight is 339 g/mol. The Bertz CT molecular complexity index is 753. The Morgan fingerprint density at radius 2 is 1.72 bits per heavy atom. The summed E-state index contributed by atoms with van der Waals surface area (Å²) in [5.74, 6) is -0.265. The number of ether oxygens (including phenoxy) is 1. The van der Waals surface area contributed by atoms with Gasteiger partial charge in [-0.1, -0.05) is 24.3 Å². The van der Waals surface area contributed by atoms with E-state index in [2.05, 4.69) is 5.32 Å². The molecule has 1 saturated heterocycles. The molecule has 2 aromatic rings. The Balaban J connectivity index is 1.70. The van der Waals surface area contributed by atoms with Crippen LogP contribution in [0.15, 0.2) is 48.5 Å². The molecule has 3 rings (SSSR count). The standard InChI is InChI=1S/C19H21N3O3/c20-15-7-5-14(6-8-15)13-18(23)21-17-4-2-1-3-16(17)19(24)22-9-11-25-12-10-22/h1-8H,9-13,20H2,(H,21,23). The summed E-state index contributed by atoms with van der Waals surface area (Å²) < 4.78 is 5.28. The van der Waals surface area contributed by atoms with E-state index in [0.717, 1.165) is 5.56 Å². The Morgan fingerprint density at radius 3 is 2.44 bits per heavy atom. The van der Waals surface area contributed by atoms with Gasteiger partial charge in [-0.2, -0.15) is 0 Å². The molecule has 6 heteroatoms. The molecule has 0 saturated carbocycles. The lowest BCUT2D eigenvalue weighted by Gasteiger charge is -2.27. The van der Waals surface area contributed by atoms with E-state index < -0.39 is 0 Å². The van der Waals surface area contributed by atoms with Crippen molar-refractivity contribution < 1.29 is 14.3 Å². The highest BCUT2D eigenvalue weighted by Crippen LogP contribution is 2.18. The smallest absolute Gasteiger partial charge is 0.256 e. The van der Waals surface area contributed by atoms with Crippen molar-refractivity contribution in [3.8, 4) is 0 Å². The maximum Gasteiger partial charge on any atom is 0.256 e. The molecule has 6 nitrogen and oxygen atoms in total. The third-order valence-electron chi connectivity index (χ3n) is 4.07. The van der Waals surface area contributed by atoms with E-state index in [4.69, 9.17) is 10.5 Å². The molecule has 2 aromatic carbocycles. The van der Waals surface area contributed by atoms with Crippen LogP contribution >= 0.6 is 0 Å². The topological polar surface area (TPSA) is 84.7 Å². The van der Waals surface area contributed by atoms with Crippen LogP contribution in [0.5, 0.6) is 0 Å². The molecule has 1 fully saturated rings. The molecule has 0 aliphatic carbocycles. The fourth-order valence-corrected chi connectivity index (χ4v) is 2.73. The molecule has 0 aromatic heterocycles. The SMILES string of the molecule is Nc1ccc(CC(=O)Nc2ccccc2C(=O)N2CCOCC2)cc1. The van der Waals surface area contributed by atoms with Gasteiger partial charge in [0.1, 0.15) is 0 Å². The summed E-state index contributed by atoms with van der Waals surface area (Å²) >= 11 is 0. The van der Waals surface area contributed by atoms with Crippen LogP contribution in [0, 0.1) is 0 Å². The minimum absolute atomic E-state index is 0.0910. The predicted octanol–water partition coefficient (Wildman–Crippen LogP) is 1.92. The van der Waals surface area contributed by atoms with Gasteiger partial charge in [-0.05, 0) is 29.8 Å². The van der Waals surface area contributed by atoms with Crippen molar-refractivity contribution in [1.82, 2.24) is 4.90 Å². The van der Waals surface area contributed by atoms with E-state index in [1.807, 2.05) is 12.1 Å². The average Bonchev–Trinajstić information content (AvgIpc) is 2.64. The fraction of sp³-hybridized carbons (Fsp3) is 0.263. The number of carbonyl (C=O) groups is 2. The van der Waals surface area contributed by atoms with Crippen LogP contribution in [0.4, 0.5) is 11.4 Å². The number of nitrogens with one attached hydrogen (secondary N) is 1. The van der Waals surface area contributed by atoms with E-state index in [1.165, 1.54) is 0 Å². The number of nitrogen functional groups attached to an aromatic ring is 1. The van der Waals surface area contributed by atoms with E-state index in [0.29, 0.717) is 43.2 Å². The lowest BCUT2D eigenvalue weighted by atomic mass is 10.1. The number of hydrogen-bond acceptors (Lipinski definition) is 4. The Morgan fingerprint density at radius 1 is 1.04 bits per heavy atom. The Labute approximate surface area is 146 Å². The second-order valence-corrected chi connectivity index (χ2v) is 5.92. The molecule has 1 aliphatic rings. The zero-order valence-corrected chi connectivity index (χ0v) is 13.9. The number of rotatable bonds is 4. The van der Waals surface area contributed by atoms with Gasteiger partial charge in [0, 0.05) is 18.8 Å². The van der Waals surface area contributed by atoms with Crippen molar-refractivity contribution in [2.24, 2.45) is 0 Å². The molecule has 3 N–H and O–H groups in total. The fourth-order valence-electron chi connectivity index (χ4n) is 2.73. The molecule has 0 atom stereocenters. The van der Waals surface area contributed by atoms with Gasteiger partial charge >= 0.3 is 0 Å². The molecular weight excluding hydrogens is 318 g/mol. The van der Waals surface area contributed by atoms with Gasteiger partial charge in [0.25, 0.3) is 5.91 Å². The van der Waals surface area contributed by atoms with Crippen LogP contribution in [0.1, 0.15) is 15.9 Å². The highest BCUT2D eigenvalue weighted by molar-refractivity contribution is 6.04. The van der Waals surface area contributed by atoms with Gasteiger partial charge in [-0.15, -0.1) is 0 Å². The quantitative estimate of drug-likeness (QED) is 0.834. The van der Waals surface area contributed by atoms with E-state index in [-0.39, 0.29) is 18.2 Å². The maximum absolute atomic E-state index is 12.7. The predicted molar refractivity (Wildman–Crippen MR) is 96.4 cm³/mol. The van der Waals surface area contributed by atoms with Crippen molar-refractivity contribution in [2.75, 3.05) is 37.4 Å². The van der Waals surface area contributed by atoms with Crippen LogP contribution in [-0.4, -0.2) is 43.0 Å². The first kappa shape index (κ1) is 17.0. The number of benzene rings is 2. The van der Waals surface area contributed by atoms with Gasteiger partial charge < -0.3 is 20.7 Å². The lowest BCUT2D eigenvalue weighted by molar-refractivity contribution is -0.115. The normalized spacial score (nSPS) is 14.2. The molecule has 0 bridgehead atoms. The summed E-state index contributed by atoms with van der Waals surface area (Å²) in [4.78, 5) is 26.8. The molecule has 25 heavy (non-hydrogen) atoms. The summed E-state index contributed by atoms with van der Waals surface area (Å²) in [5, 5.41) is 2.84. The number of nitrogens with zero attached hydrogens (tertiary/aromatic N) is 1. The number of nitrogens with two attached hydrogens (primary N) is 1. The van der Waals surface area contributed by atoms with Crippen molar-refractivity contribution in [1.29, 1.82) is 0 Å². The summed E-state index contributed by atoms with van der Waals surface area (Å²) in [6.45, 7) is 2.20. The number of carbonyl (C=O) groups excluding carboxylic acids is 2. The molecular formula is C19H21N3O3. The van der Waals surface area contributed by atoms with Gasteiger partial charge in [-0.3, -0.25) is 9.59 Å². The van der Waals surface area contributed by atoms with E-state index >= 15 is 0 Å². The van der Waals surface area contributed by atoms with Crippen molar-refractivity contribution in [3.05, 3.63) is 59.7 Å². The molecule has 1 heterocycles. The maximum atomic E-state index is 12.7. The van der Waals surface area contributed by atoms with Crippen LogP contribution < -0.4 is 11.1 Å². The number of amides is 2. The third kappa shape index (κ3) is 4.36. The highest BCUT2D eigenvalue weighted by Gasteiger charge is 2.21. The number of anilines is 2. The molecule has 1 aliphatic heterocycles. The van der Waals surface area contributed by atoms with E-state index in [1.54, 1.807) is 41.3 Å². The minimum Gasteiger partial charge on any atom is -0.399 e. The van der Waals surface area contributed by atoms with Gasteiger partial charge in [0.05, 0.1) is 30.9 Å². The minimum atomic E-state index is -0.174. The lowest BCUT2D eigenvalue weighted by Crippen LogP contribution is -2.41. The Kier molecular flexibility index (Phi) is 5.30. The van der Waals surface area contributed by atoms with Crippen LogP contribution in [0.25, 0.3) is 0 Å². The number of morpholine rings is 1. The van der Waals surface area contributed by atoms with Crippen molar-refractivity contribution in [2.45, 2.75) is 6.42 Å². The number of para-hydroxylation sites is 1. The van der Waals surface area contributed by atoms with E-state index in [9.17, 15) is 9.59 Å².